The highest BCUT2D eigenvalue weighted by Crippen LogP contribution is 2.37. The number of hydrogen-bond acceptors (Lipinski definition) is 5. The first-order valence-electron chi connectivity index (χ1n) is 6.82. The van der Waals surface area contributed by atoms with Gasteiger partial charge in [0.25, 0.3) is 0 Å². The lowest BCUT2D eigenvalue weighted by Crippen LogP contribution is -1.90. The summed E-state index contributed by atoms with van der Waals surface area (Å²) in [6.07, 6.45) is 6.06. The fourth-order valence-electron chi connectivity index (χ4n) is 2.12. The first-order valence-corrected chi connectivity index (χ1v) is 9.68. The first-order chi connectivity index (χ1) is 10.7. The Kier molecular flexibility index (Phi) is 4.93. The highest BCUT2D eigenvalue weighted by molar-refractivity contribution is 8.01. The maximum Gasteiger partial charge on any atom is 0.0649 e. The van der Waals surface area contributed by atoms with Crippen LogP contribution >= 0.6 is 34.9 Å². The zero-order valence-electron chi connectivity index (χ0n) is 12.4. The molecule has 0 amide bonds. The fourth-order valence-corrected chi connectivity index (χ4v) is 4.82. The molecule has 0 aliphatic carbocycles. The van der Waals surface area contributed by atoms with Crippen LogP contribution in [0.2, 0.25) is 0 Å². The summed E-state index contributed by atoms with van der Waals surface area (Å²) in [5.41, 5.74) is 8.05. The van der Waals surface area contributed by atoms with Gasteiger partial charge in [-0.3, -0.25) is 4.68 Å². The van der Waals surface area contributed by atoms with E-state index in [1.807, 2.05) is 24.1 Å². The van der Waals surface area contributed by atoms with Gasteiger partial charge in [0.05, 0.1) is 10.4 Å². The molecule has 0 bridgehead atoms. The molecule has 3 aromatic rings. The second-order valence-electron chi connectivity index (χ2n) is 4.83. The van der Waals surface area contributed by atoms with Crippen molar-refractivity contribution in [3.63, 3.8) is 0 Å². The number of thioether (sulfide) groups is 1. The van der Waals surface area contributed by atoms with Gasteiger partial charge in [0.15, 0.2) is 0 Å². The van der Waals surface area contributed by atoms with Gasteiger partial charge in [-0.15, -0.1) is 23.1 Å². The minimum atomic E-state index is 0.608. The fraction of sp³-hybridized carbons (Fsp3) is 0.188. The summed E-state index contributed by atoms with van der Waals surface area (Å²) in [5, 5.41) is 4.27. The molecule has 0 radical (unpaired) electrons. The molecule has 0 saturated carbocycles. The number of aryl methyl sites for hydroxylation is 1. The number of thiophene rings is 1. The largest absolute Gasteiger partial charge is 0.326 e. The summed E-state index contributed by atoms with van der Waals surface area (Å²) in [6, 6.07) is 10.9. The molecule has 3 rings (SSSR count). The smallest absolute Gasteiger partial charge is 0.0649 e. The average Bonchev–Trinajstić information content (AvgIpc) is 3.15. The summed E-state index contributed by atoms with van der Waals surface area (Å²) >= 11 is 5.31. The SMILES string of the molecule is CSc1cc(Sc2ccc(CN)s2)cc(-c2cnn(C)c2)c1. The number of hydrogen-bond donors (Lipinski definition) is 1. The molecule has 2 N–H and O–H groups in total. The third-order valence-corrected chi connectivity index (χ3v) is 6.13. The Morgan fingerprint density at radius 2 is 2.00 bits per heavy atom. The molecule has 0 fully saturated rings. The van der Waals surface area contributed by atoms with Crippen molar-refractivity contribution in [2.45, 2.75) is 20.5 Å². The second kappa shape index (κ2) is 6.91. The Labute approximate surface area is 142 Å². The molecule has 0 aliphatic heterocycles. The van der Waals surface area contributed by atoms with Gasteiger partial charge in [0.2, 0.25) is 0 Å². The van der Waals surface area contributed by atoms with Gasteiger partial charge in [-0.2, -0.15) is 5.10 Å². The van der Waals surface area contributed by atoms with E-state index in [4.69, 9.17) is 5.73 Å². The number of benzene rings is 1. The van der Waals surface area contributed by atoms with Crippen LogP contribution in [-0.2, 0) is 13.6 Å². The molecule has 22 heavy (non-hydrogen) atoms. The van der Waals surface area contributed by atoms with E-state index < -0.39 is 0 Å². The van der Waals surface area contributed by atoms with Crippen LogP contribution in [0.25, 0.3) is 11.1 Å². The van der Waals surface area contributed by atoms with Gasteiger partial charge in [0.1, 0.15) is 0 Å². The average molecular weight is 348 g/mol. The molecule has 6 heteroatoms. The van der Waals surface area contributed by atoms with Gasteiger partial charge in [-0.1, -0.05) is 11.8 Å². The van der Waals surface area contributed by atoms with E-state index in [9.17, 15) is 0 Å². The lowest BCUT2D eigenvalue weighted by atomic mass is 10.1. The van der Waals surface area contributed by atoms with E-state index in [0.29, 0.717) is 6.54 Å². The van der Waals surface area contributed by atoms with Crippen molar-refractivity contribution >= 4 is 34.9 Å². The molecule has 114 valence electrons. The van der Waals surface area contributed by atoms with Crippen LogP contribution in [0.5, 0.6) is 0 Å². The number of aromatic nitrogens is 2. The quantitative estimate of drug-likeness (QED) is 0.691. The maximum atomic E-state index is 5.69. The van der Waals surface area contributed by atoms with E-state index in [-0.39, 0.29) is 0 Å². The topological polar surface area (TPSA) is 43.8 Å². The van der Waals surface area contributed by atoms with Crippen LogP contribution in [0.4, 0.5) is 0 Å². The van der Waals surface area contributed by atoms with Crippen LogP contribution < -0.4 is 5.73 Å². The molecule has 2 heterocycles. The molecule has 0 unspecified atom stereocenters. The summed E-state index contributed by atoms with van der Waals surface area (Å²) in [6.45, 7) is 0.608. The maximum absolute atomic E-state index is 5.69. The molecule has 0 spiro atoms. The van der Waals surface area contributed by atoms with Crippen molar-refractivity contribution in [3.05, 3.63) is 47.6 Å². The predicted octanol–water partition coefficient (Wildman–Crippen LogP) is 4.48. The Hall–Kier alpha value is -1.21. The summed E-state index contributed by atoms with van der Waals surface area (Å²) in [5.74, 6) is 0. The van der Waals surface area contributed by atoms with E-state index in [0.717, 1.165) is 5.56 Å². The highest BCUT2D eigenvalue weighted by Gasteiger charge is 2.08. The van der Waals surface area contributed by atoms with Crippen LogP contribution in [0.15, 0.2) is 56.7 Å². The minimum Gasteiger partial charge on any atom is -0.326 e. The number of nitrogens with zero attached hydrogens (tertiary/aromatic N) is 2. The van der Waals surface area contributed by atoms with Gasteiger partial charge in [-0.25, -0.2) is 0 Å². The Bertz CT molecular complexity index is 777. The highest BCUT2D eigenvalue weighted by atomic mass is 32.2. The van der Waals surface area contributed by atoms with Crippen LogP contribution in [0.3, 0.4) is 0 Å². The van der Waals surface area contributed by atoms with E-state index in [2.05, 4.69) is 41.7 Å². The summed E-state index contributed by atoms with van der Waals surface area (Å²) in [7, 11) is 1.94. The lowest BCUT2D eigenvalue weighted by Gasteiger charge is -2.06. The van der Waals surface area contributed by atoms with Crippen molar-refractivity contribution < 1.29 is 0 Å². The molecule has 3 nitrogen and oxygen atoms in total. The summed E-state index contributed by atoms with van der Waals surface area (Å²) < 4.78 is 3.11. The molecule has 0 aliphatic rings. The molecule has 0 atom stereocenters. The van der Waals surface area contributed by atoms with Gasteiger partial charge < -0.3 is 5.73 Å². The molecule has 2 aromatic heterocycles. The van der Waals surface area contributed by atoms with Gasteiger partial charge in [-0.05, 0) is 42.2 Å². The lowest BCUT2D eigenvalue weighted by molar-refractivity contribution is 0.768. The van der Waals surface area contributed by atoms with Crippen molar-refractivity contribution in [3.8, 4) is 11.1 Å². The zero-order chi connectivity index (χ0) is 15.5. The van der Waals surface area contributed by atoms with Crippen molar-refractivity contribution in [1.29, 1.82) is 0 Å². The Morgan fingerprint density at radius 3 is 2.64 bits per heavy atom. The van der Waals surface area contributed by atoms with Crippen LogP contribution in [0.1, 0.15) is 4.88 Å². The molecule has 0 saturated heterocycles. The third kappa shape index (κ3) is 3.57. The van der Waals surface area contributed by atoms with Gasteiger partial charge >= 0.3 is 0 Å². The van der Waals surface area contributed by atoms with E-state index >= 15 is 0 Å². The van der Waals surface area contributed by atoms with Crippen LogP contribution in [-0.4, -0.2) is 16.0 Å². The molecule has 1 aromatic carbocycles. The van der Waals surface area contributed by atoms with E-state index in [1.165, 1.54) is 24.4 Å². The Balaban J connectivity index is 1.93. The zero-order valence-corrected chi connectivity index (χ0v) is 14.9. The van der Waals surface area contributed by atoms with E-state index in [1.54, 1.807) is 34.9 Å². The third-order valence-electron chi connectivity index (χ3n) is 3.21. The normalized spacial score (nSPS) is 11.0. The predicted molar refractivity (Wildman–Crippen MR) is 96.8 cm³/mol. The minimum absolute atomic E-state index is 0.608. The first kappa shape index (κ1) is 15.7. The monoisotopic (exact) mass is 347 g/mol. The van der Waals surface area contributed by atoms with Gasteiger partial charge in [0, 0.05) is 40.0 Å². The van der Waals surface area contributed by atoms with Crippen molar-refractivity contribution in [2.24, 2.45) is 12.8 Å². The second-order valence-corrected chi connectivity index (χ2v) is 8.25. The summed E-state index contributed by atoms with van der Waals surface area (Å²) in [4.78, 5) is 3.73. The number of nitrogens with two attached hydrogens (primary N) is 1. The molecular formula is C16H17N3S3. The molecular weight excluding hydrogens is 330 g/mol. The Morgan fingerprint density at radius 1 is 1.18 bits per heavy atom. The van der Waals surface area contributed by atoms with Crippen molar-refractivity contribution in [1.82, 2.24) is 9.78 Å². The number of rotatable bonds is 5. The van der Waals surface area contributed by atoms with Crippen molar-refractivity contribution in [2.75, 3.05) is 6.26 Å². The standard InChI is InChI=1S/C16H17N3S3/c1-19-10-12(9-18-19)11-5-14(20-2)7-15(6-11)22-16-4-3-13(8-17)21-16/h3-7,9-10H,8,17H2,1-2H3. The van der Waals surface area contributed by atoms with Crippen LogP contribution in [0, 0.1) is 0 Å².